The number of aryl methyl sites for hydroxylation is 1. The Labute approximate surface area is 102 Å². The first-order chi connectivity index (χ1) is 7.25. The van der Waals surface area contributed by atoms with Gasteiger partial charge < -0.3 is 0 Å². The van der Waals surface area contributed by atoms with E-state index in [2.05, 4.69) is 52.1 Å². The van der Waals surface area contributed by atoms with Crippen molar-refractivity contribution in [2.24, 2.45) is 0 Å². The van der Waals surface area contributed by atoms with Gasteiger partial charge in [0.1, 0.15) is 5.03 Å². The van der Waals surface area contributed by atoms with Crippen molar-refractivity contribution < 1.29 is 0 Å². The molecule has 3 heteroatoms. The number of pyridine rings is 1. The second kappa shape index (κ2) is 4.81. The summed E-state index contributed by atoms with van der Waals surface area (Å²) in [5.41, 5.74) is 1.27. The predicted octanol–water partition coefficient (Wildman–Crippen LogP) is 4.30. The van der Waals surface area contributed by atoms with Crippen LogP contribution in [0.1, 0.15) is 5.56 Å². The Morgan fingerprint density at radius 3 is 2.80 bits per heavy atom. The number of nitrogens with zero attached hydrogens (tertiary/aromatic N) is 1. The third kappa shape index (κ3) is 2.83. The summed E-state index contributed by atoms with van der Waals surface area (Å²) in [5, 5.41) is 1.00. The molecule has 1 heterocycles. The molecule has 15 heavy (non-hydrogen) atoms. The van der Waals surface area contributed by atoms with Gasteiger partial charge in [0.05, 0.1) is 4.47 Å². The van der Waals surface area contributed by atoms with Crippen molar-refractivity contribution in [1.82, 2.24) is 4.98 Å². The molecule has 0 radical (unpaired) electrons. The van der Waals surface area contributed by atoms with Crippen molar-refractivity contribution in [1.29, 1.82) is 0 Å². The second-order valence-electron chi connectivity index (χ2n) is 3.21. The van der Waals surface area contributed by atoms with Crippen LogP contribution in [-0.4, -0.2) is 4.98 Å². The molecule has 76 valence electrons. The molecule has 2 rings (SSSR count). The number of rotatable bonds is 2. The van der Waals surface area contributed by atoms with Crippen LogP contribution in [0.5, 0.6) is 0 Å². The maximum Gasteiger partial charge on any atom is 0.115 e. The van der Waals surface area contributed by atoms with Crippen LogP contribution < -0.4 is 0 Å². The first-order valence-electron chi connectivity index (χ1n) is 4.61. The fourth-order valence-corrected chi connectivity index (χ4v) is 2.63. The van der Waals surface area contributed by atoms with E-state index < -0.39 is 0 Å². The minimum absolute atomic E-state index is 1.00. The van der Waals surface area contributed by atoms with Crippen LogP contribution >= 0.6 is 27.7 Å². The Bertz CT molecular complexity index is 471. The largest absolute Gasteiger partial charge is 0.248 e. The van der Waals surface area contributed by atoms with Crippen LogP contribution in [0.4, 0.5) is 0 Å². The molecule has 1 nitrogen and oxygen atoms in total. The maximum absolute atomic E-state index is 4.32. The Balaban J connectivity index is 2.26. The van der Waals surface area contributed by atoms with Crippen LogP contribution in [0.25, 0.3) is 0 Å². The molecule has 0 saturated carbocycles. The lowest BCUT2D eigenvalue weighted by Gasteiger charge is -2.03. The fourth-order valence-electron chi connectivity index (χ4n) is 1.24. The molecule has 0 saturated heterocycles. The summed E-state index contributed by atoms with van der Waals surface area (Å²) in [6, 6.07) is 12.3. The van der Waals surface area contributed by atoms with Crippen LogP contribution in [0, 0.1) is 6.92 Å². The van der Waals surface area contributed by atoms with Crippen molar-refractivity contribution in [2.45, 2.75) is 16.8 Å². The zero-order chi connectivity index (χ0) is 10.7. The van der Waals surface area contributed by atoms with Crippen molar-refractivity contribution in [3.63, 3.8) is 0 Å². The van der Waals surface area contributed by atoms with E-state index >= 15 is 0 Å². The number of aromatic nitrogens is 1. The Morgan fingerprint density at radius 1 is 1.20 bits per heavy atom. The maximum atomic E-state index is 4.32. The van der Waals surface area contributed by atoms with Gasteiger partial charge in [0, 0.05) is 11.1 Å². The van der Waals surface area contributed by atoms with Crippen LogP contribution in [0.15, 0.2) is 57.0 Å². The standard InChI is InChI=1S/C12H10BrNS/c1-9-4-2-5-10(8-9)15-12-11(13)6-3-7-14-12/h2-8H,1H3. The molecule has 0 aliphatic rings. The van der Waals surface area contributed by atoms with Gasteiger partial charge in [-0.2, -0.15) is 0 Å². The first kappa shape index (κ1) is 10.7. The van der Waals surface area contributed by atoms with E-state index in [1.165, 1.54) is 10.5 Å². The summed E-state index contributed by atoms with van der Waals surface area (Å²) in [6.07, 6.45) is 1.81. The van der Waals surface area contributed by atoms with Gasteiger partial charge in [0.15, 0.2) is 0 Å². The number of halogens is 1. The van der Waals surface area contributed by atoms with E-state index in [0.717, 1.165) is 9.50 Å². The van der Waals surface area contributed by atoms with Crippen LogP contribution in [0.2, 0.25) is 0 Å². The third-order valence-corrected chi connectivity index (χ3v) is 3.84. The molecule has 2 aromatic rings. The normalized spacial score (nSPS) is 10.3. The molecule has 1 aromatic heterocycles. The highest BCUT2D eigenvalue weighted by atomic mass is 79.9. The lowest BCUT2D eigenvalue weighted by atomic mass is 10.2. The van der Waals surface area contributed by atoms with E-state index in [0.29, 0.717) is 0 Å². The van der Waals surface area contributed by atoms with Gasteiger partial charge in [-0.05, 0) is 47.1 Å². The summed E-state index contributed by atoms with van der Waals surface area (Å²) >= 11 is 5.16. The smallest absolute Gasteiger partial charge is 0.115 e. The topological polar surface area (TPSA) is 12.9 Å². The minimum atomic E-state index is 1.00. The summed E-state index contributed by atoms with van der Waals surface area (Å²) in [4.78, 5) is 5.54. The lowest BCUT2D eigenvalue weighted by molar-refractivity contribution is 1.11. The van der Waals surface area contributed by atoms with E-state index in [1.54, 1.807) is 11.8 Å². The summed E-state index contributed by atoms with van der Waals surface area (Å²) in [7, 11) is 0. The van der Waals surface area contributed by atoms with Gasteiger partial charge in [-0.15, -0.1) is 0 Å². The second-order valence-corrected chi connectivity index (χ2v) is 5.13. The Hall–Kier alpha value is -0.800. The number of benzene rings is 1. The lowest BCUT2D eigenvalue weighted by Crippen LogP contribution is -1.81. The van der Waals surface area contributed by atoms with Gasteiger partial charge in [0.25, 0.3) is 0 Å². The summed E-state index contributed by atoms with van der Waals surface area (Å²) < 4.78 is 1.04. The highest BCUT2D eigenvalue weighted by molar-refractivity contribution is 9.10. The molecule has 1 aromatic carbocycles. The monoisotopic (exact) mass is 279 g/mol. The van der Waals surface area contributed by atoms with E-state index in [4.69, 9.17) is 0 Å². The number of hydrogen-bond acceptors (Lipinski definition) is 2. The van der Waals surface area contributed by atoms with Crippen molar-refractivity contribution >= 4 is 27.7 Å². The van der Waals surface area contributed by atoms with Crippen LogP contribution in [0.3, 0.4) is 0 Å². The van der Waals surface area contributed by atoms with Gasteiger partial charge >= 0.3 is 0 Å². The molecule has 0 aliphatic carbocycles. The van der Waals surface area contributed by atoms with E-state index in [-0.39, 0.29) is 0 Å². The van der Waals surface area contributed by atoms with Crippen molar-refractivity contribution in [3.05, 3.63) is 52.6 Å². The van der Waals surface area contributed by atoms with Gasteiger partial charge in [-0.3, -0.25) is 0 Å². The van der Waals surface area contributed by atoms with Crippen molar-refractivity contribution in [3.8, 4) is 0 Å². The first-order valence-corrected chi connectivity index (χ1v) is 6.22. The molecule has 0 spiro atoms. The molecular formula is C12H10BrNS. The highest BCUT2D eigenvalue weighted by Gasteiger charge is 2.02. The Kier molecular flexibility index (Phi) is 3.44. The van der Waals surface area contributed by atoms with Gasteiger partial charge in [-0.25, -0.2) is 4.98 Å². The van der Waals surface area contributed by atoms with E-state index in [1.807, 2.05) is 18.3 Å². The number of hydrogen-bond donors (Lipinski definition) is 0. The van der Waals surface area contributed by atoms with Crippen LogP contribution in [-0.2, 0) is 0 Å². The minimum Gasteiger partial charge on any atom is -0.248 e. The van der Waals surface area contributed by atoms with Crippen molar-refractivity contribution in [2.75, 3.05) is 0 Å². The predicted molar refractivity (Wildman–Crippen MR) is 67.2 cm³/mol. The average molecular weight is 280 g/mol. The average Bonchev–Trinajstić information content (AvgIpc) is 2.22. The van der Waals surface area contributed by atoms with E-state index in [9.17, 15) is 0 Å². The quantitative estimate of drug-likeness (QED) is 0.813. The molecule has 0 fully saturated rings. The highest BCUT2D eigenvalue weighted by Crippen LogP contribution is 2.31. The van der Waals surface area contributed by atoms with Gasteiger partial charge in [0.2, 0.25) is 0 Å². The third-order valence-electron chi connectivity index (χ3n) is 1.93. The summed E-state index contributed by atoms with van der Waals surface area (Å²) in [6.45, 7) is 2.09. The Morgan fingerprint density at radius 2 is 2.07 bits per heavy atom. The van der Waals surface area contributed by atoms with Gasteiger partial charge in [-0.1, -0.05) is 29.5 Å². The molecule has 0 aliphatic heterocycles. The molecule has 0 unspecified atom stereocenters. The molecule has 0 atom stereocenters. The molecule has 0 amide bonds. The zero-order valence-electron chi connectivity index (χ0n) is 8.27. The molecule has 0 bridgehead atoms. The molecule has 0 N–H and O–H groups in total. The fraction of sp³-hybridized carbons (Fsp3) is 0.0833. The SMILES string of the molecule is Cc1cccc(Sc2ncccc2Br)c1. The zero-order valence-corrected chi connectivity index (χ0v) is 10.7. The summed E-state index contributed by atoms with van der Waals surface area (Å²) in [5.74, 6) is 0. The molecular weight excluding hydrogens is 270 g/mol.